The van der Waals surface area contributed by atoms with Crippen LogP contribution in [0.15, 0.2) is 23.1 Å². The average Bonchev–Trinajstić information content (AvgIpc) is 2.82. The summed E-state index contributed by atoms with van der Waals surface area (Å²) in [7, 11) is -3.48. The zero-order valence-corrected chi connectivity index (χ0v) is 13.2. The van der Waals surface area contributed by atoms with E-state index >= 15 is 0 Å². The molecule has 0 heterocycles. The number of hydrogen-bond donors (Lipinski definition) is 2. The molecule has 1 saturated carbocycles. The highest BCUT2D eigenvalue weighted by atomic mass is 32.2. The summed E-state index contributed by atoms with van der Waals surface area (Å²) in [6, 6.07) is 4.91. The summed E-state index contributed by atoms with van der Waals surface area (Å²) in [6.07, 6.45) is 3.05. The minimum absolute atomic E-state index is 0.0316. The van der Waals surface area contributed by atoms with Crippen molar-refractivity contribution < 1.29 is 13.5 Å². The van der Waals surface area contributed by atoms with Crippen LogP contribution >= 0.6 is 0 Å². The number of rotatable bonds is 3. The minimum atomic E-state index is -3.48. The highest BCUT2D eigenvalue weighted by Gasteiger charge is 2.28. The van der Waals surface area contributed by atoms with Gasteiger partial charge in [0.2, 0.25) is 10.0 Å². The molecule has 2 atom stereocenters. The van der Waals surface area contributed by atoms with Crippen molar-refractivity contribution in [3.05, 3.63) is 29.3 Å². The molecular formula is C16H21NO3S. The molecule has 0 amide bonds. The van der Waals surface area contributed by atoms with Crippen LogP contribution in [0, 0.1) is 24.7 Å². The molecule has 1 fully saturated rings. The largest absolute Gasteiger partial charge is 0.384 e. The van der Waals surface area contributed by atoms with Gasteiger partial charge in [0.15, 0.2) is 0 Å². The topological polar surface area (TPSA) is 66.4 Å². The van der Waals surface area contributed by atoms with Crippen LogP contribution in [-0.2, 0) is 10.0 Å². The SMILES string of the molecule is Cc1cc(S(=O)(=O)NC2CCCC2C)ccc1C#CCO. The highest BCUT2D eigenvalue weighted by Crippen LogP contribution is 2.26. The van der Waals surface area contributed by atoms with Crippen LogP contribution in [0.1, 0.15) is 37.3 Å². The lowest BCUT2D eigenvalue weighted by molar-refractivity contribution is 0.350. The first kappa shape index (κ1) is 16.0. The van der Waals surface area contributed by atoms with Gasteiger partial charge in [-0.1, -0.05) is 25.2 Å². The van der Waals surface area contributed by atoms with Gasteiger partial charge in [0.05, 0.1) is 4.90 Å². The first-order valence-corrected chi connectivity index (χ1v) is 8.65. The number of aliphatic hydroxyl groups is 1. The fraction of sp³-hybridized carbons (Fsp3) is 0.500. The summed E-state index contributed by atoms with van der Waals surface area (Å²) < 4.78 is 27.7. The van der Waals surface area contributed by atoms with Gasteiger partial charge in [-0.05, 0) is 49.4 Å². The van der Waals surface area contributed by atoms with Gasteiger partial charge in [0, 0.05) is 11.6 Å². The molecule has 2 N–H and O–H groups in total. The standard InChI is InChI=1S/C16H21NO3S/c1-12-5-3-7-16(12)17-21(19,20)15-9-8-14(6-4-10-18)13(2)11-15/h8-9,11-12,16-18H,3,5,7,10H2,1-2H3. The van der Waals surface area contributed by atoms with Gasteiger partial charge >= 0.3 is 0 Å². The van der Waals surface area contributed by atoms with Crippen molar-refractivity contribution in [2.75, 3.05) is 6.61 Å². The van der Waals surface area contributed by atoms with E-state index in [1.165, 1.54) is 0 Å². The Bertz CT molecular complexity index is 670. The predicted octanol–water partition coefficient (Wildman–Crippen LogP) is 1.81. The van der Waals surface area contributed by atoms with Crippen molar-refractivity contribution >= 4 is 10.0 Å². The van der Waals surface area contributed by atoms with Crippen LogP contribution in [-0.4, -0.2) is 26.2 Å². The molecule has 4 nitrogen and oxygen atoms in total. The van der Waals surface area contributed by atoms with Crippen LogP contribution < -0.4 is 4.72 Å². The Hall–Kier alpha value is -1.35. The number of aliphatic hydroxyl groups excluding tert-OH is 1. The maximum Gasteiger partial charge on any atom is 0.240 e. The van der Waals surface area contributed by atoms with E-state index in [0.717, 1.165) is 30.4 Å². The van der Waals surface area contributed by atoms with Gasteiger partial charge in [-0.2, -0.15) is 0 Å². The summed E-state index contributed by atoms with van der Waals surface area (Å²) in [5.74, 6) is 5.76. The van der Waals surface area contributed by atoms with Crippen LogP contribution in [0.2, 0.25) is 0 Å². The second-order valence-electron chi connectivity index (χ2n) is 5.57. The Labute approximate surface area is 126 Å². The molecule has 1 aliphatic carbocycles. The molecule has 0 aromatic heterocycles. The van der Waals surface area contributed by atoms with Gasteiger partial charge < -0.3 is 5.11 Å². The molecule has 0 saturated heterocycles. The Balaban J connectivity index is 2.22. The monoisotopic (exact) mass is 307 g/mol. The number of nitrogens with one attached hydrogen (secondary N) is 1. The van der Waals surface area contributed by atoms with Gasteiger partial charge in [-0.25, -0.2) is 13.1 Å². The van der Waals surface area contributed by atoms with E-state index < -0.39 is 10.0 Å². The van der Waals surface area contributed by atoms with Crippen molar-refractivity contribution in [1.29, 1.82) is 0 Å². The fourth-order valence-electron chi connectivity index (χ4n) is 2.67. The van der Waals surface area contributed by atoms with E-state index in [-0.39, 0.29) is 17.5 Å². The molecule has 114 valence electrons. The first-order chi connectivity index (χ1) is 9.94. The lowest BCUT2D eigenvalue weighted by Crippen LogP contribution is -2.36. The van der Waals surface area contributed by atoms with Crippen molar-refractivity contribution in [2.24, 2.45) is 5.92 Å². The average molecular weight is 307 g/mol. The second kappa shape index (κ2) is 6.61. The molecular weight excluding hydrogens is 286 g/mol. The Morgan fingerprint density at radius 3 is 2.71 bits per heavy atom. The maximum atomic E-state index is 12.4. The van der Waals surface area contributed by atoms with E-state index in [1.54, 1.807) is 18.2 Å². The number of sulfonamides is 1. The third-order valence-corrected chi connectivity index (χ3v) is 5.47. The number of aryl methyl sites for hydroxylation is 1. The van der Waals surface area contributed by atoms with E-state index in [1.807, 2.05) is 6.92 Å². The molecule has 0 bridgehead atoms. The van der Waals surface area contributed by atoms with Crippen molar-refractivity contribution in [1.82, 2.24) is 4.72 Å². The molecule has 1 aliphatic rings. The zero-order valence-electron chi connectivity index (χ0n) is 12.4. The van der Waals surface area contributed by atoms with Gasteiger partial charge in [-0.3, -0.25) is 0 Å². The van der Waals surface area contributed by atoms with Crippen molar-refractivity contribution in [2.45, 2.75) is 44.0 Å². The van der Waals surface area contributed by atoms with E-state index in [2.05, 4.69) is 23.5 Å². The van der Waals surface area contributed by atoms with E-state index in [4.69, 9.17) is 5.11 Å². The lowest BCUT2D eigenvalue weighted by atomic mass is 10.1. The second-order valence-corrected chi connectivity index (χ2v) is 7.29. The zero-order chi connectivity index (χ0) is 15.5. The minimum Gasteiger partial charge on any atom is -0.384 e. The smallest absolute Gasteiger partial charge is 0.240 e. The summed E-state index contributed by atoms with van der Waals surface area (Å²) >= 11 is 0. The molecule has 5 heteroatoms. The lowest BCUT2D eigenvalue weighted by Gasteiger charge is -2.17. The Kier molecular flexibility index (Phi) is 5.04. The van der Waals surface area contributed by atoms with Crippen LogP contribution in [0.4, 0.5) is 0 Å². The maximum absolute atomic E-state index is 12.4. The third-order valence-electron chi connectivity index (χ3n) is 3.98. The Morgan fingerprint density at radius 2 is 2.14 bits per heavy atom. The van der Waals surface area contributed by atoms with Crippen LogP contribution in [0.5, 0.6) is 0 Å². The summed E-state index contributed by atoms with van der Waals surface area (Å²) in [5, 5.41) is 8.71. The van der Waals surface area contributed by atoms with Crippen molar-refractivity contribution in [3.8, 4) is 11.8 Å². The third kappa shape index (κ3) is 3.85. The quantitative estimate of drug-likeness (QED) is 0.837. The molecule has 0 radical (unpaired) electrons. The molecule has 1 aromatic carbocycles. The molecule has 1 aromatic rings. The molecule has 0 aliphatic heterocycles. The summed E-state index contributed by atoms with van der Waals surface area (Å²) in [5.41, 5.74) is 1.52. The normalized spacial score (nSPS) is 21.9. The molecule has 2 unspecified atom stereocenters. The summed E-state index contributed by atoms with van der Waals surface area (Å²) in [6.45, 7) is 3.69. The van der Waals surface area contributed by atoms with E-state index in [9.17, 15) is 8.42 Å². The van der Waals surface area contributed by atoms with Gasteiger partial charge in [0.25, 0.3) is 0 Å². The summed E-state index contributed by atoms with van der Waals surface area (Å²) in [4.78, 5) is 0.272. The predicted molar refractivity (Wildman–Crippen MR) is 82.3 cm³/mol. The first-order valence-electron chi connectivity index (χ1n) is 7.17. The molecule has 0 spiro atoms. The van der Waals surface area contributed by atoms with Gasteiger partial charge in [0.1, 0.15) is 6.61 Å². The highest BCUT2D eigenvalue weighted by molar-refractivity contribution is 7.89. The van der Waals surface area contributed by atoms with Gasteiger partial charge in [-0.15, -0.1) is 0 Å². The van der Waals surface area contributed by atoms with Crippen LogP contribution in [0.3, 0.4) is 0 Å². The Morgan fingerprint density at radius 1 is 1.38 bits per heavy atom. The van der Waals surface area contributed by atoms with Crippen LogP contribution in [0.25, 0.3) is 0 Å². The fourth-order valence-corrected chi connectivity index (χ4v) is 4.13. The number of benzene rings is 1. The molecule has 2 rings (SSSR count). The number of hydrogen-bond acceptors (Lipinski definition) is 3. The van der Waals surface area contributed by atoms with Crippen molar-refractivity contribution in [3.63, 3.8) is 0 Å². The molecule has 21 heavy (non-hydrogen) atoms. The van der Waals surface area contributed by atoms with E-state index in [0.29, 0.717) is 5.92 Å².